The van der Waals surface area contributed by atoms with Gasteiger partial charge in [-0.25, -0.2) is 0 Å². The van der Waals surface area contributed by atoms with E-state index in [1.54, 1.807) is 0 Å². The van der Waals surface area contributed by atoms with Gasteiger partial charge in [0.2, 0.25) is 5.91 Å². The van der Waals surface area contributed by atoms with Crippen molar-refractivity contribution in [2.45, 2.75) is 51.6 Å². The molecule has 0 bridgehead atoms. The lowest BCUT2D eigenvalue weighted by atomic mass is 10.1. The third-order valence-corrected chi connectivity index (χ3v) is 4.60. The van der Waals surface area contributed by atoms with Crippen LogP contribution in [0.1, 0.15) is 43.7 Å². The van der Waals surface area contributed by atoms with Crippen LogP contribution >= 0.6 is 0 Å². The molecular weight excluding hydrogens is 288 g/mol. The molecule has 1 heterocycles. The van der Waals surface area contributed by atoms with E-state index in [2.05, 4.69) is 41.4 Å². The fourth-order valence-electron chi connectivity index (χ4n) is 2.96. The number of aliphatic hydroxyl groups excluding tert-OH is 1. The maximum Gasteiger partial charge on any atom is 0.220 e. The number of likely N-dealkylation sites (tertiary alicyclic amines) is 1. The third kappa shape index (κ3) is 6.71. The van der Waals surface area contributed by atoms with Crippen molar-refractivity contribution in [1.29, 1.82) is 0 Å². The number of rotatable bonds is 8. The van der Waals surface area contributed by atoms with Gasteiger partial charge in [0.1, 0.15) is 0 Å². The van der Waals surface area contributed by atoms with Crippen molar-refractivity contribution < 1.29 is 9.90 Å². The predicted octanol–water partition coefficient (Wildman–Crippen LogP) is 2.14. The van der Waals surface area contributed by atoms with Crippen molar-refractivity contribution in [3.63, 3.8) is 0 Å². The minimum absolute atomic E-state index is 0.114. The highest BCUT2D eigenvalue weighted by Crippen LogP contribution is 2.10. The molecule has 23 heavy (non-hydrogen) atoms. The zero-order valence-electron chi connectivity index (χ0n) is 14.3. The van der Waals surface area contributed by atoms with E-state index in [1.807, 2.05) is 0 Å². The number of nitrogens with zero attached hydrogens (tertiary/aromatic N) is 1. The second-order valence-electron chi connectivity index (χ2n) is 6.45. The number of carbonyl (C=O) groups is 1. The van der Waals surface area contributed by atoms with E-state index in [0.29, 0.717) is 6.42 Å². The molecule has 1 aromatic rings. The largest absolute Gasteiger partial charge is 0.393 e. The van der Waals surface area contributed by atoms with Crippen molar-refractivity contribution >= 4 is 5.91 Å². The number of benzene rings is 1. The van der Waals surface area contributed by atoms with Crippen LogP contribution in [0.2, 0.25) is 0 Å². The van der Waals surface area contributed by atoms with Crippen LogP contribution in [-0.2, 0) is 17.6 Å². The summed E-state index contributed by atoms with van der Waals surface area (Å²) >= 11 is 0. The number of aryl methyl sites for hydroxylation is 2. The van der Waals surface area contributed by atoms with Gasteiger partial charge in [-0.3, -0.25) is 4.79 Å². The quantitative estimate of drug-likeness (QED) is 0.722. The van der Waals surface area contributed by atoms with Crippen molar-refractivity contribution in [3.8, 4) is 0 Å². The summed E-state index contributed by atoms with van der Waals surface area (Å²) in [6.45, 7) is 5.85. The van der Waals surface area contributed by atoms with Crippen LogP contribution in [0.5, 0.6) is 0 Å². The molecule has 1 amide bonds. The molecule has 1 aliphatic rings. The Morgan fingerprint density at radius 2 is 1.87 bits per heavy atom. The van der Waals surface area contributed by atoms with Crippen LogP contribution in [-0.4, -0.2) is 48.2 Å². The van der Waals surface area contributed by atoms with E-state index in [4.69, 9.17) is 0 Å². The Morgan fingerprint density at radius 1 is 1.22 bits per heavy atom. The van der Waals surface area contributed by atoms with Crippen molar-refractivity contribution in [2.24, 2.45) is 0 Å². The molecule has 128 valence electrons. The van der Waals surface area contributed by atoms with Gasteiger partial charge in [0.05, 0.1) is 6.10 Å². The summed E-state index contributed by atoms with van der Waals surface area (Å²) in [5.74, 6) is 0.138. The first-order valence-electron chi connectivity index (χ1n) is 8.92. The van der Waals surface area contributed by atoms with Crippen molar-refractivity contribution in [1.82, 2.24) is 10.2 Å². The Hall–Kier alpha value is -1.39. The van der Waals surface area contributed by atoms with Gasteiger partial charge in [0.15, 0.2) is 0 Å². The maximum atomic E-state index is 11.9. The number of hydrogen-bond acceptors (Lipinski definition) is 3. The lowest BCUT2D eigenvalue weighted by Crippen LogP contribution is -2.37. The predicted molar refractivity (Wildman–Crippen MR) is 93.4 cm³/mol. The average Bonchev–Trinajstić information content (AvgIpc) is 2.59. The SMILES string of the molecule is CCc1ccc(CCC(=O)NCCCN2CCC(O)CC2)cc1. The highest BCUT2D eigenvalue weighted by atomic mass is 16.3. The highest BCUT2D eigenvalue weighted by Gasteiger charge is 2.16. The first-order chi connectivity index (χ1) is 11.2. The lowest BCUT2D eigenvalue weighted by Gasteiger charge is -2.29. The summed E-state index contributed by atoms with van der Waals surface area (Å²) in [6, 6.07) is 8.53. The summed E-state index contributed by atoms with van der Waals surface area (Å²) in [6.07, 6.45) is 5.04. The van der Waals surface area contributed by atoms with E-state index < -0.39 is 0 Å². The maximum absolute atomic E-state index is 11.9. The molecule has 4 heteroatoms. The van der Waals surface area contributed by atoms with Crippen LogP contribution in [0.15, 0.2) is 24.3 Å². The smallest absolute Gasteiger partial charge is 0.220 e. The Bertz CT molecular complexity index is 465. The number of aliphatic hydroxyl groups is 1. The minimum atomic E-state index is -0.114. The molecule has 0 aromatic heterocycles. The van der Waals surface area contributed by atoms with Gasteiger partial charge in [-0.1, -0.05) is 31.2 Å². The average molecular weight is 318 g/mol. The minimum Gasteiger partial charge on any atom is -0.393 e. The summed E-state index contributed by atoms with van der Waals surface area (Å²) < 4.78 is 0. The summed E-state index contributed by atoms with van der Waals surface area (Å²) in [5, 5.41) is 12.5. The first-order valence-corrected chi connectivity index (χ1v) is 8.92. The number of carbonyl (C=O) groups excluding carboxylic acids is 1. The number of nitrogens with one attached hydrogen (secondary N) is 1. The summed E-state index contributed by atoms with van der Waals surface area (Å²) in [4.78, 5) is 14.2. The van der Waals surface area contributed by atoms with Crippen LogP contribution in [0.25, 0.3) is 0 Å². The number of piperidine rings is 1. The molecule has 0 unspecified atom stereocenters. The van der Waals surface area contributed by atoms with E-state index in [0.717, 1.165) is 58.3 Å². The van der Waals surface area contributed by atoms with Crippen LogP contribution in [0.3, 0.4) is 0 Å². The standard InChI is InChI=1S/C19H30N2O2/c1-2-16-4-6-17(7-5-16)8-9-19(23)20-12-3-13-21-14-10-18(22)11-15-21/h4-7,18,22H,2-3,8-15H2,1H3,(H,20,23). The van der Waals surface area contributed by atoms with Gasteiger partial charge >= 0.3 is 0 Å². The van der Waals surface area contributed by atoms with Crippen LogP contribution in [0, 0.1) is 0 Å². The molecular formula is C19H30N2O2. The molecule has 0 radical (unpaired) electrons. The second-order valence-corrected chi connectivity index (χ2v) is 6.45. The number of hydrogen-bond donors (Lipinski definition) is 2. The van der Waals surface area contributed by atoms with Gasteiger partial charge < -0.3 is 15.3 Å². The molecule has 4 nitrogen and oxygen atoms in total. The Labute approximate surface area is 139 Å². The second kappa shape index (κ2) is 9.68. The highest BCUT2D eigenvalue weighted by molar-refractivity contribution is 5.76. The van der Waals surface area contributed by atoms with Crippen molar-refractivity contribution in [2.75, 3.05) is 26.2 Å². The van der Waals surface area contributed by atoms with Crippen LogP contribution in [0.4, 0.5) is 0 Å². The fraction of sp³-hybridized carbons (Fsp3) is 0.632. The molecule has 1 aromatic carbocycles. The zero-order valence-corrected chi connectivity index (χ0v) is 14.3. The molecule has 1 saturated heterocycles. The first kappa shape index (κ1) is 18.0. The molecule has 0 atom stereocenters. The molecule has 2 rings (SSSR count). The van der Waals surface area contributed by atoms with Crippen molar-refractivity contribution in [3.05, 3.63) is 35.4 Å². The molecule has 0 aliphatic carbocycles. The molecule has 1 aliphatic heterocycles. The topological polar surface area (TPSA) is 52.6 Å². The fourth-order valence-corrected chi connectivity index (χ4v) is 2.96. The van der Waals surface area contributed by atoms with Gasteiger partial charge in [-0.2, -0.15) is 0 Å². The van der Waals surface area contributed by atoms with Gasteiger partial charge in [-0.05, 0) is 49.8 Å². The normalized spacial score (nSPS) is 16.4. The van der Waals surface area contributed by atoms with E-state index >= 15 is 0 Å². The molecule has 0 saturated carbocycles. The summed E-state index contributed by atoms with van der Waals surface area (Å²) in [5.41, 5.74) is 2.56. The van der Waals surface area contributed by atoms with E-state index in [9.17, 15) is 9.90 Å². The van der Waals surface area contributed by atoms with Gasteiger partial charge in [-0.15, -0.1) is 0 Å². The van der Waals surface area contributed by atoms with E-state index in [1.165, 1.54) is 11.1 Å². The third-order valence-electron chi connectivity index (χ3n) is 4.60. The lowest BCUT2D eigenvalue weighted by molar-refractivity contribution is -0.121. The zero-order chi connectivity index (χ0) is 16.5. The Kier molecular flexibility index (Phi) is 7.56. The van der Waals surface area contributed by atoms with Crippen LogP contribution < -0.4 is 5.32 Å². The molecule has 2 N–H and O–H groups in total. The number of amides is 1. The molecule has 0 spiro atoms. The molecule has 1 fully saturated rings. The Morgan fingerprint density at radius 3 is 2.52 bits per heavy atom. The Balaban J connectivity index is 1.54. The van der Waals surface area contributed by atoms with E-state index in [-0.39, 0.29) is 12.0 Å². The monoisotopic (exact) mass is 318 g/mol. The van der Waals surface area contributed by atoms with Gasteiger partial charge in [0, 0.05) is 26.1 Å². The van der Waals surface area contributed by atoms with Gasteiger partial charge in [0.25, 0.3) is 0 Å². The summed E-state index contributed by atoms with van der Waals surface area (Å²) in [7, 11) is 0.